The number of hydrogen-bond donors (Lipinski definition) is 3. The van der Waals surface area contributed by atoms with Gasteiger partial charge in [-0.2, -0.15) is 0 Å². The fraction of sp³-hybridized carbons (Fsp3) is 0.261. The standard InChI is InChI=1S/C23H29N7/c1-26-20(6-7-22(25)29-12-10-28(2)11-13-29)17-8-9-30-21(16-27-23(30)15-17)18-4-3-5-19(24)14-18/h3-9,14-16,26H,10-13,24-25H2,1-2H3/b20-6-,22-7+. The van der Waals surface area contributed by atoms with Crippen molar-refractivity contribution in [3.8, 4) is 11.3 Å². The first kappa shape index (κ1) is 19.8. The fourth-order valence-electron chi connectivity index (χ4n) is 3.72. The van der Waals surface area contributed by atoms with E-state index in [1.54, 1.807) is 0 Å². The summed E-state index contributed by atoms with van der Waals surface area (Å²) in [6.07, 6.45) is 7.92. The van der Waals surface area contributed by atoms with Gasteiger partial charge in [-0.25, -0.2) is 4.98 Å². The number of nitrogen functional groups attached to an aromatic ring is 1. The largest absolute Gasteiger partial charge is 0.399 e. The second-order valence-electron chi connectivity index (χ2n) is 7.62. The van der Waals surface area contributed by atoms with Crippen LogP contribution in [-0.2, 0) is 0 Å². The van der Waals surface area contributed by atoms with Gasteiger partial charge < -0.3 is 26.6 Å². The van der Waals surface area contributed by atoms with E-state index in [9.17, 15) is 0 Å². The number of imidazole rings is 1. The second kappa shape index (κ2) is 8.51. The zero-order chi connectivity index (χ0) is 21.1. The molecule has 0 bridgehead atoms. The highest BCUT2D eigenvalue weighted by molar-refractivity contribution is 5.71. The number of pyridine rings is 1. The number of anilines is 1. The Morgan fingerprint density at radius 2 is 1.90 bits per heavy atom. The van der Waals surface area contributed by atoms with Crippen molar-refractivity contribution in [2.24, 2.45) is 5.73 Å². The molecule has 30 heavy (non-hydrogen) atoms. The molecule has 1 aliphatic heterocycles. The third-order valence-electron chi connectivity index (χ3n) is 5.57. The second-order valence-corrected chi connectivity index (χ2v) is 7.62. The van der Waals surface area contributed by atoms with Crippen LogP contribution < -0.4 is 16.8 Å². The maximum atomic E-state index is 6.31. The summed E-state index contributed by atoms with van der Waals surface area (Å²) in [5.74, 6) is 0.793. The highest BCUT2D eigenvalue weighted by Gasteiger charge is 2.14. The number of nitrogens with zero attached hydrogens (tertiary/aromatic N) is 4. The van der Waals surface area contributed by atoms with Gasteiger partial charge >= 0.3 is 0 Å². The van der Waals surface area contributed by atoms with E-state index >= 15 is 0 Å². The van der Waals surface area contributed by atoms with Crippen LogP contribution in [0, 0.1) is 0 Å². The lowest BCUT2D eigenvalue weighted by molar-refractivity contribution is 0.185. The molecule has 1 fully saturated rings. The minimum Gasteiger partial charge on any atom is -0.399 e. The topological polar surface area (TPSA) is 87.8 Å². The molecule has 3 heterocycles. The molecule has 0 unspecified atom stereocenters. The van der Waals surface area contributed by atoms with Crippen molar-refractivity contribution in [1.29, 1.82) is 0 Å². The molecule has 5 N–H and O–H groups in total. The zero-order valence-electron chi connectivity index (χ0n) is 17.5. The number of likely N-dealkylation sites (N-methyl/N-ethyl adjacent to an activating group) is 1. The van der Waals surface area contributed by atoms with Crippen LogP contribution in [0.5, 0.6) is 0 Å². The van der Waals surface area contributed by atoms with Crippen LogP contribution in [0.2, 0.25) is 0 Å². The number of fused-ring (bicyclic) bond motifs is 1. The molecule has 0 saturated carbocycles. The Morgan fingerprint density at radius 3 is 2.63 bits per heavy atom. The molecule has 0 aliphatic carbocycles. The summed E-state index contributed by atoms with van der Waals surface area (Å²) in [4.78, 5) is 9.13. The first-order valence-electron chi connectivity index (χ1n) is 10.2. The molecule has 3 aromatic rings. The van der Waals surface area contributed by atoms with E-state index in [-0.39, 0.29) is 0 Å². The maximum Gasteiger partial charge on any atom is 0.137 e. The Morgan fingerprint density at radius 1 is 1.10 bits per heavy atom. The molecule has 0 amide bonds. The van der Waals surface area contributed by atoms with Crippen LogP contribution in [0.3, 0.4) is 0 Å². The lowest BCUT2D eigenvalue weighted by Gasteiger charge is -2.33. The third kappa shape index (κ3) is 4.11. The third-order valence-corrected chi connectivity index (χ3v) is 5.57. The summed E-state index contributed by atoms with van der Waals surface area (Å²) in [6.45, 7) is 3.97. The summed E-state index contributed by atoms with van der Waals surface area (Å²) in [5.41, 5.74) is 18.0. The minimum absolute atomic E-state index is 0.740. The Hall–Kier alpha value is -3.45. The van der Waals surface area contributed by atoms with E-state index in [2.05, 4.69) is 43.7 Å². The summed E-state index contributed by atoms with van der Waals surface area (Å²) in [6, 6.07) is 12.0. The van der Waals surface area contributed by atoms with Gasteiger partial charge in [0.1, 0.15) is 5.65 Å². The Bertz CT molecular complexity index is 1090. The number of nitrogens with one attached hydrogen (secondary N) is 1. The lowest BCUT2D eigenvalue weighted by Crippen LogP contribution is -2.45. The van der Waals surface area contributed by atoms with E-state index in [1.165, 1.54) is 0 Å². The lowest BCUT2D eigenvalue weighted by atomic mass is 10.1. The van der Waals surface area contributed by atoms with E-state index in [4.69, 9.17) is 11.5 Å². The summed E-state index contributed by atoms with van der Waals surface area (Å²) >= 11 is 0. The predicted molar refractivity (Wildman–Crippen MR) is 123 cm³/mol. The van der Waals surface area contributed by atoms with Crippen molar-refractivity contribution in [2.75, 3.05) is 46.0 Å². The quantitative estimate of drug-likeness (QED) is 0.447. The number of allylic oxidation sites excluding steroid dienone is 2. The maximum absolute atomic E-state index is 6.31. The van der Waals surface area contributed by atoms with E-state index < -0.39 is 0 Å². The SMILES string of the molecule is CN/C(=C\C=C(/N)N1CCN(C)CC1)c1ccn2c(-c3cccc(N)c3)cnc2c1. The molecule has 7 nitrogen and oxygen atoms in total. The fourth-order valence-corrected chi connectivity index (χ4v) is 3.72. The van der Waals surface area contributed by atoms with Gasteiger partial charge in [-0.15, -0.1) is 0 Å². The van der Waals surface area contributed by atoms with Gasteiger partial charge in [0.15, 0.2) is 0 Å². The first-order valence-corrected chi connectivity index (χ1v) is 10.2. The summed E-state index contributed by atoms with van der Waals surface area (Å²) < 4.78 is 2.07. The van der Waals surface area contributed by atoms with E-state index in [0.717, 1.165) is 65.9 Å². The van der Waals surface area contributed by atoms with Crippen molar-refractivity contribution in [3.63, 3.8) is 0 Å². The average Bonchev–Trinajstić information content (AvgIpc) is 3.18. The molecule has 4 rings (SSSR count). The van der Waals surface area contributed by atoms with Crippen LogP contribution in [0.15, 0.2) is 66.8 Å². The number of piperazine rings is 1. The Labute approximate surface area is 177 Å². The number of rotatable bonds is 5. The van der Waals surface area contributed by atoms with Crippen molar-refractivity contribution in [3.05, 3.63) is 72.3 Å². The van der Waals surface area contributed by atoms with Crippen molar-refractivity contribution < 1.29 is 0 Å². The van der Waals surface area contributed by atoms with E-state index in [0.29, 0.717) is 0 Å². The van der Waals surface area contributed by atoms with Gasteiger partial charge in [0, 0.05) is 61.9 Å². The summed E-state index contributed by atoms with van der Waals surface area (Å²) in [7, 11) is 4.06. The molecule has 7 heteroatoms. The van der Waals surface area contributed by atoms with Gasteiger partial charge in [-0.1, -0.05) is 12.1 Å². The highest BCUT2D eigenvalue weighted by Crippen LogP contribution is 2.24. The van der Waals surface area contributed by atoms with Crippen LogP contribution >= 0.6 is 0 Å². The van der Waals surface area contributed by atoms with Gasteiger partial charge in [0.2, 0.25) is 0 Å². The van der Waals surface area contributed by atoms with Crippen molar-refractivity contribution in [1.82, 2.24) is 24.5 Å². The molecule has 0 spiro atoms. The van der Waals surface area contributed by atoms with Crippen molar-refractivity contribution >= 4 is 17.0 Å². The first-order chi connectivity index (χ1) is 14.5. The average molecular weight is 404 g/mol. The predicted octanol–water partition coefficient (Wildman–Crippen LogP) is 2.19. The van der Waals surface area contributed by atoms with Crippen LogP contribution in [0.4, 0.5) is 5.69 Å². The molecule has 0 atom stereocenters. The van der Waals surface area contributed by atoms with Crippen LogP contribution in [0.25, 0.3) is 22.6 Å². The Balaban J connectivity index is 1.60. The number of hydrogen-bond acceptors (Lipinski definition) is 6. The molecule has 0 radical (unpaired) electrons. The number of nitrogens with two attached hydrogens (primary N) is 2. The monoisotopic (exact) mass is 403 g/mol. The van der Waals surface area contributed by atoms with Crippen LogP contribution in [0.1, 0.15) is 5.56 Å². The molecule has 1 saturated heterocycles. The van der Waals surface area contributed by atoms with Gasteiger partial charge in [-0.05, 0) is 43.5 Å². The molecular formula is C23H29N7. The van der Waals surface area contributed by atoms with Crippen LogP contribution in [-0.4, -0.2) is 59.5 Å². The normalized spacial score (nSPS) is 16.3. The summed E-state index contributed by atoms with van der Waals surface area (Å²) in [5, 5.41) is 3.28. The molecule has 1 aliphatic rings. The van der Waals surface area contributed by atoms with Gasteiger partial charge in [0.05, 0.1) is 17.7 Å². The highest BCUT2D eigenvalue weighted by atomic mass is 15.3. The molecule has 2 aromatic heterocycles. The van der Waals surface area contributed by atoms with E-state index in [1.807, 2.05) is 55.9 Å². The number of aromatic nitrogens is 2. The minimum atomic E-state index is 0.740. The molecular weight excluding hydrogens is 374 g/mol. The van der Waals surface area contributed by atoms with Gasteiger partial charge in [0.25, 0.3) is 0 Å². The Kier molecular flexibility index (Phi) is 5.63. The smallest absolute Gasteiger partial charge is 0.137 e. The van der Waals surface area contributed by atoms with Crippen molar-refractivity contribution in [2.45, 2.75) is 0 Å². The molecule has 156 valence electrons. The zero-order valence-corrected chi connectivity index (χ0v) is 17.5. The number of benzene rings is 1. The molecule has 1 aromatic carbocycles. The van der Waals surface area contributed by atoms with Gasteiger partial charge in [-0.3, -0.25) is 4.40 Å².